The summed E-state index contributed by atoms with van der Waals surface area (Å²) in [5, 5.41) is 16.8. The summed E-state index contributed by atoms with van der Waals surface area (Å²) < 4.78 is 5.28. The van der Waals surface area contributed by atoms with Crippen molar-refractivity contribution in [1.82, 2.24) is 9.97 Å². The van der Waals surface area contributed by atoms with Crippen molar-refractivity contribution in [2.45, 2.75) is 38.7 Å². The van der Waals surface area contributed by atoms with Gasteiger partial charge in [-0.2, -0.15) is 4.98 Å². The van der Waals surface area contributed by atoms with Gasteiger partial charge in [-0.05, 0) is 13.3 Å². The summed E-state index contributed by atoms with van der Waals surface area (Å²) in [6, 6.07) is 0. The maximum Gasteiger partial charge on any atom is 0.224 e. The highest BCUT2D eigenvalue weighted by molar-refractivity contribution is 5.46. The Morgan fingerprint density at radius 3 is 2.80 bits per heavy atom. The topological polar surface area (TPSA) is 79.3 Å². The van der Waals surface area contributed by atoms with E-state index in [2.05, 4.69) is 27.5 Å². The van der Waals surface area contributed by atoms with Gasteiger partial charge in [-0.25, -0.2) is 4.98 Å². The summed E-state index contributed by atoms with van der Waals surface area (Å²) in [5.74, 6) is 1.40. The van der Waals surface area contributed by atoms with Crippen LogP contribution in [0, 0.1) is 6.92 Å². The molecule has 1 aliphatic rings. The van der Waals surface area contributed by atoms with Crippen LogP contribution in [0.3, 0.4) is 0 Å². The normalized spacial score (nSPS) is 17.8. The Kier molecular flexibility index (Phi) is 5.14. The molecule has 0 bridgehead atoms. The minimum atomic E-state index is -0.702. The summed E-state index contributed by atoms with van der Waals surface area (Å²) in [7, 11) is 0. The first-order chi connectivity index (χ1) is 9.63. The van der Waals surface area contributed by atoms with Gasteiger partial charge in [0.15, 0.2) is 0 Å². The van der Waals surface area contributed by atoms with E-state index in [0.29, 0.717) is 38.5 Å². The molecule has 6 nitrogen and oxygen atoms in total. The zero-order valence-corrected chi connectivity index (χ0v) is 12.3. The molecule has 2 rings (SSSR count). The highest BCUT2D eigenvalue weighted by atomic mass is 16.5. The van der Waals surface area contributed by atoms with E-state index in [0.717, 1.165) is 24.3 Å². The number of ether oxygens (including phenoxy) is 1. The first-order valence-electron chi connectivity index (χ1n) is 7.24. The third-order valence-electron chi connectivity index (χ3n) is 3.51. The lowest BCUT2D eigenvalue weighted by atomic mass is 9.94. The minimum Gasteiger partial charge on any atom is -0.388 e. The molecule has 20 heavy (non-hydrogen) atoms. The Balaban J connectivity index is 1.97. The third-order valence-corrected chi connectivity index (χ3v) is 3.51. The second-order valence-corrected chi connectivity index (χ2v) is 5.34. The number of hydrogen-bond donors (Lipinski definition) is 3. The number of aliphatic hydroxyl groups is 1. The van der Waals surface area contributed by atoms with Gasteiger partial charge in [-0.1, -0.05) is 6.92 Å². The zero-order chi connectivity index (χ0) is 14.4. The fourth-order valence-corrected chi connectivity index (χ4v) is 2.12. The molecule has 0 spiro atoms. The summed E-state index contributed by atoms with van der Waals surface area (Å²) >= 11 is 0. The molecular weight excluding hydrogens is 256 g/mol. The van der Waals surface area contributed by atoms with Gasteiger partial charge in [0.25, 0.3) is 0 Å². The van der Waals surface area contributed by atoms with Crippen molar-refractivity contribution in [3.63, 3.8) is 0 Å². The van der Waals surface area contributed by atoms with E-state index in [-0.39, 0.29) is 0 Å². The lowest BCUT2D eigenvalue weighted by Crippen LogP contribution is -2.42. The van der Waals surface area contributed by atoms with Crippen LogP contribution in [-0.4, -0.2) is 47.0 Å². The molecule has 0 atom stereocenters. The molecule has 0 aromatic carbocycles. The van der Waals surface area contributed by atoms with Crippen LogP contribution >= 0.6 is 0 Å². The fraction of sp³-hybridized carbons (Fsp3) is 0.714. The Hall–Kier alpha value is -1.40. The Labute approximate surface area is 120 Å². The molecule has 2 heterocycles. The molecule has 0 amide bonds. The van der Waals surface area contributed by atoms with Gasteiger partial charge in [-0.3, -0.25) is 0 Å². The van der Waals surface area contributed by atoms with Crippen LogP contribution in [0.2, 0.25) is 0 Å². The van der Waals surface area contributed by atoms with E-state index >= 15 is 0 Å². The Bertz CT molecular complexity index is 433. The molecule has 0 aliphatic carbocycles. The van der Waals surface area contributed by atoms with Crippen LogP contribution in [-0.2, 0) is 4.74 Å². The van der Waals surface area contributed by atoms with Gasteiger partial charge in [0.2, 0.25) is 5.95 Å². The van der Waals surface area contributed by atoms with E-state index in [1.807, 2.05) is 6.92 Å². The smallest absolute Gasteiger partial charge is 0.224 e. The van der Waals surface area contributed by atoms with Crippen LogP contribution in [0.5, 0.6) is 0 Å². The standard InChI is InChI=1S/C14H24N4O2/c1-3-6-15-13-16-9-11(2)12(18-13)17-10-14(19)4-7-20-8-5-14/h9,19H,3-8,10H2,1-2H3,(H2,15,16,17,18). The minimum absolute atomic E-state index is 0.488. The maximum atomic E-state index is 10.4. The van der Waals surface area contributed by atoms with Crippen molar-refractivity contribution in [2.24, 2.45) is 0 Å². The number of hydrogen-bond acceptors (Lipinski definition) is 6. The average Bonchev–Trinajstić information content (AvgIpc) is 2.46. The number of aromatic nitrogens is 2. The van der Waals surface area contributed by atoms with E-state index in [1.165, 1.54) is 0 Å². The van der Waals surface area contributed by atoms with Crippen molar-refractivity contribution < 1.29 is 9.84 Å². The predicted molar refractivity (Wildman–Crippen MR) is 79.0 cm³/mol. The largest absolute Gasteiger partial charge is 0.388 e. The van der Waals surface area contributed by atoms with Gasteiger partial charge in [0.05, 0.1) is 5.60 Å². The molecule has 1 saturated heterocycles. The van der Waals surface area contributed by atoms with Gasteiger partial charge in [0, 0.05) is 50.9 Å². The fourth-order valence-electron chi connectivity index (χ4n) is 2.12. The summed E-state index contributed by atoms with van der Waals surface area (Å²) in [4.78, 5) is 8.69. The molecule has 1 aliphatic heterocycles. The first kappa shape index (κ1) is 15.0. The van der Waals surface area contributed by atoms with Crippen molar-refractivity contribution in [2.75, 3.05) is 36.9 Å². The summed E-state index contributed by atoms with van der Waals surface area (Å²) in [6.45, 7) is 6.63. The number of rotatable bonds is 6. The maximum absolute atomic E-state index is 10.4. The highest BCUT2D eigenvalue weighted by Gasteiger charge is 2.29. The molecule has 6 heteroatoms. The number of anilines is 2. The quantitative estimate of drug-likeness (QED) is 0.734. The molecule has 1 fully saturated rings. The van der Waals surface area contributed by atoms with E-state index in [4.69, 9.17) is 4.74 Å². The molecule has 0 radical (unpaired) electrons. The van der Waals surface area contributed by atoms with E-state index in [1.54, 1.807) is 6.20 Å². The average molecular weight is 280 g/mol. The zero-order valence-electron chi connectivity index (χ0n) is 12.3. The number of nitrogens with one attached hydrogen (secondary N) is 2. The van der Waals surface area contributed by atoms with E-state index in [9.17, 15) is 5.11 Å². The first-order valence-corrected chi connectivity index (χ1v) is 7.24. The second-order valence-electron chi connectivity index (χ2n) is 5.34. The van der Waals surface area contributed by atoms with Crippen molar-refractivity contribution >= 4 is 11.8 Å². The monoisotopic (exact) mass is 280 g/mol. The van der Waals surface area contributed by atoms with Gasteiger partial charge < -0.3 is 20.5 Å². The van der Waals surface area contributed by atoms with Crippen molar-refractivity contribution in [1.29, 1.82) is 0 Å². The van der Waals surface area contributed by atoms with Crippen molar-refractivity contribution in [3.05, 3.63) is 11.8 Å². The molecule has 0 saturated carbocycles. The van der Waals surface area contributed by atoms with Crippen LogP contribution < -0.4 is 10.6 Å². The molecule has 3 N–H and O–H groups in total. The molecular formula is C14H24N4O2. The number of nitrogens with zero attached hydrogens (tertiary/aromatic N) is 2. The highest BCUT2D eigenvalue weighted by Crippen LogP contribution is 2.22. The molecule has 1 aromatic heterocycles. The lowest BCUT2D eigenvalue weighted by molar-refractivity contribution is -0.0543. The Morgan fingerprint density at radius 1 is 1.35 bits per heavy atom. The van der Waals surface area contributed by atoms with Crippen LogP contribution in [0.25, 0.3) is 0 Å². The van der Waals surface area contributed by atoms with Gasteiger partial charge in [-0.15, -0.1) is 0 Å². The lowest BCUT2D eigenvalue weighted by Gasteiger charge is -2.32. The molecule has 112 valence electrons. The second kappa shape index (κ2) is 6.85. The summed E-state index contributed by atoms with van der Waals surface area (Å²) in [6.07, 6.45) is 4.14. The van der Waals surface area contributed by atoms with Gasteiger partial charge >= 0.3 is 0 Å². The number of aryl methyl sites for hydroxylation is 1. The summed E-state index contributed by atoms with van der Waals surface area (Å²) in [5.41, 5.74) is 0.273. The van der Waals surface area contributed by atoms with Crippen molar-refractivity contribution in [3.8, 4) is 0 Å². The third kappa shape index (κ3) is 4.05. The SMILES string of the molecule is CCCNc1ncc(C)c(NCC2(O)CCOCC2)n1. The molecule has 0 unspecified atom stereocenters. The predicted octanol–water partition coefficient (Wildman–Crippen LogP) is 1.56. The van der Waals surface area contributed by atoms with Crippen LogP contribution in [0.4, 0.5) is 11.8 Å². The van der Waals surface area contributed by atoms with Crippen LogP contribution in [0.15, 0.2) is 6.20 Å². The Morgan fingerprint density at radius 2 is 2.10 bits per heavy atom. The van der Waals surface area contributed by atoms with Crippen LogP contribution in [0.1, 0.15) is 31.7 Å². The van der Waals surface area contributed by atoms with Gasteiger partial charge in [0.1, 0.15) is 5.82 Å². The van der Waals surface area contributed by atoms with E-state index < -0.39 is 5.60 Å². The molecule has 1 aromatic rings.